The van der Waals surface area contributed by atoms with Gasteiger partial charge in [-0.25, -0.2) is 0 Å². The third-order valence-electron chi connectivity index (χ3n) is 6.18. The average molecular weight is 468 g/mol. The van der Waals surface area contributed by atoms with Gasteiger partial charge in [0.15, 0.2) is 0 Å². The molecule has 182 valence electrons. The van der Waals surface area contributed by atoms with Crippen molar-refractivity contribution in [3.05, 3.63) is 108 Å². The molecular weight excluding hydrogens is 430 g/mol. The summed E-state index contributed by atoms with van der Waals surface area (Å²) in [5.74, 6) is 0.320. The lowest BCUT2D eigenvalue weighted by Crippen LogP contribution is -2.20. The van der Waals surface area contributed by atoms with E-state index in [1.54, 1.807) is 12.1 Å². The van der Waals surface area contributed by atoms with Crippen LogP contribution in [0, 0.1) is 5.41 Å². The van der Waals surface area contributed by atoms with Crippen LogP contribution in [0.5, 0.6) is 11.5 Å². The topological polar surface area (TPSA) is 66.5 Å². The van der Waals surface area contributed by atoms with Crippen LogP contribution in [0.4, 0.5) is 0 Å². The van der Waals surface area contributed by atoms with E-state index in [2.05, 4.69) is 57.2 Å². The Morgan fingerprint density at radius 1 is 0.686 bits per heavy atom. The Bertz CT molecular complexity index is 1240. The van der Waals surface area contributed by atoms with Crippen molar-refractivity contribution in [1.82, 2.24) is 0 Å². The Kier molecular flexibility index (Phi) is 8.37. The fourth-order valence-corrected chi connectivity index (χ4v) is 4.64. The van der Waals surface area contributed by atoms with Crippen molar-refractivity contribution in [2.75, 3.05) is 0 Å². The second-order valence-corrected chi connectivity index (χ2v) is 9.58. The highest BCUT2D eigenvalue weighted by Crippen LogP contribution is 2.45. The van der Waals surface area contributed by atoms with E-state index in [1.807, 2.05) is 56.3 Å². The SMILES string of the molecule is CC.CC(C)(C)C(c1ccc(-c2ccccc2)cc1)c1cc(CN)c(O)c(-c2ccccc2O)c1. The molecule has 1 atom stereocenters. The normalized spacial score (nSPS) is 11.9. The van der Waals surface area contributed by atoms with E-state index < -0.39 is 0 Å². The monoisotopic (exact) mass is 467 g/mol. The fraction of sp³-hybridized carbons (Fsp3) is 0.250. The van der Waals surface area contributed by atoms with Crippen LogP contribution < -0.4 is 5.73 Å². The molecule has 0 fully saturated rings. The molecule has 0 saturated heterocycles. The molecule has 4 rings (SSSR count). The van der Waals surface area contributed by atoms with E-state index >= 15 is 0 Å². The van der Waals surface area contributed by atoms with E-state index in [4.69, 9.17) is 5.73 Å². The number of hydrogen-bond acceptors (Lipinski definition) is 3. The summed E-state index contributed by atoms with van der Waals surface area (Å²) >= 11 is 0. The molecule has 1 unspecified atom stereocenters. The number of nitrogens with two attached hydrogens (primary N) is 1. The Labute approximate surface area is 209 Å². The number of aromatic hydroxyl groups is 2. The maximum absolute atomic E-state index is 10.9. The summed E-state index contributed by atoms with van der Waals surface area (Å²) in [7, 11) is 0. The zero-order valence-electron chi connectivity index (χ0n) is 21.4. The van der Waals surface area contributed by atoms with E-state index in [1.165, 1.54) is 16.7 Å². The second kappa shape index (κ2) is 11.2. The molecule has 0 aliphatic heterocycles. The first-order valence-electron chi connectivity index (χ1n) is 12.3. The minimum absolute atomic E-state index is 0.0674. The summed E-state index contributed by atoms with van der Waals surface area (Å²) in [6.07, 6.45) is 0. The Morgan fingerprint density at radius 2 is 1.26 bits per heavy atom. The summed E-state index contributed by atoms with van der Waals surface area (Å²) in [5.41, 5.74) is 12.4. The molecule has 0 bridgehead atoms. The third kappa shape index (κ3) is 5.75. The summed E-state index contributed by atoms with van der Waals surface area (Å²) in [6.45, 7) is 10.9. The molecule has 0 aliphatic rings. The van der Waals surface area contributed by atoms with E-state index in [9.17, 15) is 10.2 Å². The van der Waals surface area contributed by atoms with Crippen molar-refractivity contribution in [3.63, 3.8) is 0 Å². The Hall–Kier alpha value is -3.56. The molecule has 0 saturated carbocycles. The first-order chi connectivity index (χ1) is 16.8. The van der Waals surface area contributed by atoms with Gasteiger partial charge in [0.1, 0.15) is 11.5 Å². The fourth-order valence-electron chi connectivity index (χ4n) is 4.64. The predicted octanol–water partition coefficient (Wildman–Crippen LogP) is 8.09. The van der Waals surface area contributed by atoms with Crippen molar-refractivity contribution in [1.29, 1.82) is 0 Å². The minimum Gasteiger partial charge on any atom is -0.507 e. The molecule has 3 nitrogen and oxygen atoms in total. The number of hydrogen-bond donors (Lipinski definition) is 3. The quantitative estimate of drug-likeness (QED) is 0.278. The van der Waals surface area contributed by atoms with E-state index in [0.717, 1.165) is 5.56 Å². The van der Waals surface area contributed by atoms with Gasteiger partial charge in [0.25, 0.3) is 0 Å². The highest BCUT2D eigenvalue weighted by molar-refractivity contribution is 5.77. The van der Waals surface area contributed by atoms with Crippen molar-refractivity contribution < 1.29 is 10.2 Å². The smallest absolute Gasteiger partial charge is 0.128 e. The zero-order valence-corrected chi connectivity index (χ0v) is 21.4. The van der Waals surface area contributed by atoms with Crippen LogP contribution in [-0.2, 0) is 6.54 Å². The minimum atomic E-state index is -0.0902. The van der Waals surface area contributed by atoms with E-state index in [0.29, 0.717) is 16.7 Å². The van der Waals surface area contributed by atoms with Gasteiger partial charge in [-0.1, -0.05) is 113 Å². The van der Waals surface area contributed by atoms with Crippen molar-refractivity contribution >= 4 is 0 Å². The maximum atomic E-state index is 10.9. The molecule has 0 amide bonds. The van der Waals surface area contributed by atoms with Crippen molar-refractivity contribution in [2.45, 2.75) is 47.1 Å². The van der Waals surface area contributed by atoms with Crippen LogP contribution in [0.15, 0.2) is 91.0 Å². The van der Waals surface area contributed by atoms with Crippen LogP contribution in [-0.4, -0.2) is 10.2 Å². The summed E-state index contributed by atoms with van der Waals surface area (Å²) in [4.78, 5) is 0. The van der Waals surface area contributed by atoms with Gasteiger partial charge in [-0.05, 0) is 39.8 Å². The van der Waals surface area contributed by atoms with Crippen molar-refractivity contribution in [3.8, 4) is 33.8 Å². The first-order valence-corrected chi connectivity index (χ1v) is 12.3. The average Bonchev–Trinajstić information content (AvgIpc) is 2.87. The lowest BCUT2D eigenvalue weighted by Gasteiger charge is -2.33. The number of phenols is 2. The van der Waals surface area contributed by atoms with E-state index in [-0.39, 0.29) is 29.4 Å². The van der Waals surface area contributed by atoms with Crippen LogP contribution in [0.3, 0.4) is 0 Å². The largest absolute Gasteiger partial charge is 0.507 e. The Balaban J connectivity index is 0.00000167. The van der Waals surface area contributed by atoms with Crippen LogP contribution in [0.25, 0.3) is 22.3 Å². The summed E-state index contributed by atoms with van der Waals surface area (Å²) in [6, 6.07) is 30.1. The second-order valence-electron chi connectivity index (χ2n) is 9.58. The van der Waals surface area contributed by atoms with Gasteiger partial charge >= 0.3 is 0 Å². The van der Waals surface area contributed by atoms with Gasteiger partial charge in [0.2, 0.25) is 0 Å². The summed E-state index contributed by atoms with van der Waals surface area (Å²) in [5, 5.41) is 21.4. The standard InChI is InChI=1S/C30H31NO2.C2H6/c1-30(2,3)28(22-15-13-21(14-16-22)20-9-5-4-6-10-20)23-17-24(19-31)29(33)26(18-23)25-11-7-8-12-27(25)32;1-2/h4-18,28,32-33H,19,31H2,1-3H3;1-2H3. The molecule has 0 aliphatic carbocycles. The van der Waals surface area contributed by atoms with Crippen LogP contribution >= 0.6 is 0 Å². The van der Waals surface area contributed by atoms with Gasteiger partial charge in [-0.2, -0.15) is 0 Å². The Morgan fingerprint density at radius 3 is 1.83 bits per heavy atom. The molecule has 0 heterocycles. The third-order valence-corrected chi connectivity index (χ3v) is 6.18. The molecule has 4 aromatic rings. The number of para-hydroxylation sites is 1. The summed E-state index contributed by atoms with van der Waals surface area (Å²) < 4.78 is 0. The zero-order chi connectivity index (χ0) is 25.6. The lowest BCUT2D eigenvalue weighted by molar-refractivity contribution is 0.358. The maximum Gasteiger partial charge on any atom is 0.128 e. The molecule has 0 spiro atoms. The number of phenolic OH excluding ortho intramolecular Hbond substituents is 2. The molecule has 3 heteroatoms. The highest BCUT2D eigenvalue weighted by Gasteiger charge is 2.29. The van der Waals surface area contributed by atoms with Gasteiger partial charge in [-0.15, -0.1) is 0 Å². The molecule has 4 N–H and O–H groups in total. The molecule has 35 heavy (non-hydrogen) atoms. The van der Waals surface area contributed by atoms with Gasteiger partial charge < -0.3 is 15.9 Å². The van der Waals surface area contributed by atoms with Crippen molar-refractivity contribution in [2.24, 2.45) is 11.1 Å². The highest BCUT2D eigenvalue weighted by atomic mass is 16.3. The molecular formula is C32H37NO2. The van der Waals surface area contributed by atoms with Crippen LogP contribution in [0.2, 0.25) is 0 Å². The predicted molar refractivity (Wildman–Crippen MR) is 148 cm³/mol. The van der Waals surface area contributed by atoms with Gasteiger partial charge in [0.05, 0.1) is 0 Å². The molecule has 0 radical (unpaired) electrons. The molecule has 0 aromatic heterocycles. The van der Waals surface area contributed by atoms with Gasteiger partial charge in [0, 0.05) is 29.2 Å². The number of benzene rings is 4. The first kappa shape index (κ1) is 26.1. The van der Waals surface area contributed by atoms with Gasteiger partial charge in [-0.3, -0.25) is 0 Å². The lowest BCUT2D eigenvalue weighted by atomic mass is 9.71. The van der Waals surface area contributed by atoms with Crippen LogP contribution in [0.1, 0.15) is 57.2 Å². The molecule has 4 aromatic carbocycles. The number of rotatable bonds is 5.